The van der Waals surface area contributed by atoms with E-state index in [-0.39, 0.29) is 6.09 Å². The molecule has 100 valence electrons. The molecule has 1 aliphatic heterocycles. The SMILES string of the molecule is CC(C)(C)OC(=O)NCCNC1CSC1(C)C. The first-order chi connectivity index (χ1) is 7.71. The Morgan fingerprint density at radius 1 is 1.41 bits per heavy atom. The van der Waals surface area contributed by atoms with E-state index in [0.717, 1.165) is 12.3 Å². The molecule has 0 radical (unpaired) electrons. The number of carbonyl (C=O) groups excluding carboxylic acids is 1. The van der Waals surface area contributed by atoms with Crippen LogP contribution in [0.4, 0.5) is 4.79 Å². The molecule has 5 heteroatoms. The lowest BCUT2D eigenvalue weighted by Gasteiger charge is -2.44. The maximum Gasteiger partial charge on any atom is 0.407 e. The van der Waals surface area contributed by atoms with Crippen LogP contribution in [0.2, 0.25) is 0 Å². The van der Waals surface area contributed by atoms with Gasteiger partial charge >= 0.3 is 6.09 Å². The number of ether oxygens (including phenoxy) is 1. The highest BCUT2D eigenvalue weighted by molar-refractivity contribution is 8.02. The number of alkyl carbamates (subject to hydrolysis) is 1. The second kappa shape index (κ2) is 5.48. The normalized spacial score (nSPS) is 22.8. The Hall–Kier alpha value is -0.420. The molecule has 1 aliphatic rings. The summed E-state index contributed by atoms with van der Waals surface area (Å²) >= 11 is 1.97. The number of rotatable bonds is 4. The van der Waals surface area contributed by atoms with Crippen molar-refractivity contribution in [1.29, 1.82) is 0 Å². The molecule has 1 amide bonds. The van der Waals surface area contributed by atoms with Crippen molar-refractivity contribution < 1.29 is 9.53 Å². The highest BCUT2D eigenvalue weighted by Gasteiger charge is 2.38. The third kappa shape index (κ3) is 5.17. The Morgan fingerprint density at radius 3 is 2.47 bits per heavy atom. The van der Waals surface area contributed by atoms with Crippen LogP contribution in [0.25, 0.3) is 0 Å². The summed E-state index contributed by atoms with van der Waals surface area (Å²) in [6.07, 6.45) is -0.346. The summed E-state index contributed by atoms with van der Waals surface area (Å²) in [4.78, 5) is 11.3. The molecular formula is C12H24N2O2S. The van der Waals surface area contributed by atoms with Crippen LogP contribution in [0.15, 0.2) is 0 Å². The summed E-state index contributed by atoms with van der Waals surface area (Å²) in [5, 5.41) is 6.18. The van der Waals surface area contributed by atoms with E-state index in [4.69, 9.17) is 4.74 Å². The number of carbonyl (C=O) groups is 1. The Morgan fingerprint density at radius 2 is 2.06 bits per heavy atom. The van der Waals surface area contributed by atoms with Gasteiger partial charge in [0, 0.05) is 29.6 Å². The zero-order valence-corrected chi connectivity index (χ0v) is 12.2. The van der Waals surface area contributed by atoms with Gasteiger partial charge in [0.1, 0.15) is 5.60 Å². The average Bonchev–Trinajstić information content (AvgIpc) is 2.13. The number of amides is 1. The van der Waals surface area contributed by atoms with Crippen LogP contribution < -0.4 is 10.6 Å². The molecule has 0 aliphatic carbocycles. The molecule has 0 saturated carbocycles. The smallest absolute Gasteiger partial charge is 0.407 e. The molecule has 1 atom stereocenters. The van der Waals surface area contributed by atoms with Gasteiger partial charge in [-0.15, -0.1) is 0 Å². The maximum atomic E-state index is 11.3. The van der Waals surface area contributed by atoms with Crippen molar-refractivity contribution in [2.75, 3.05) is 18.8 Å². The predicted octanol–water partition coefficient (Wildman–Crippen LogP) is 1.99. The lowest BCUT2D eigenvalue weighted by atomic mass is 10.0. The van der Waals surface area contributed by atoms with Gasteiger partial charge in [0.15, 0.2) is 0 Å². The Balaban J connectivity index is 2.07. The highest BCUT2D eigenvalue weighted by Crippen LogP contribution is 2.39. The van der Waals surface area contributed by atoms with Crippen molar-refractivity contribution in [2.45, 2.75) is 51.0 Å². The standard InChI is InChI=1S/C12H24N2O2S/c1-11(2,3)16-10(15)14-7-6-13-9-8-17-12(9,4)5/h9,13H,6-8H2,1-5H3,(H,14,15). The summed E-state index contributed by atoms with van der Waals surface area (Å²) in [6.45, 7) is 11.4. The van der Waals surface area contributed by atoms with Gasteiger partial charge in [-0.2, -0.15) is 11.8 Å². The summed E-state index contributed by atoms with van der Waals surface area (Å²) in [6, 6.07) is 0.549. The topological polar surface area (TPSA) is 50.4 Å². The zero-order chi connectivity index (χ0) is 13.1. The second-order valence-electron chi connectivity index (χ2n) is 5.85. The number of thioether (sulfide) groups is 1. The maximum absolute atomic E-state index is 11.3. The number of hydrogen-bond acceptors (Lipinski definition) is 4. The molecule has 2 N–H and O–H groups in total. The van der Waals surface area contributed by atoms with Gasteiger partial charge in [-0.1, -0.05) is 0 Å². The quantitative estimate of drug-likeness (QED) is 0.759. The van der Waals surface area contributed by atoms with Crippen molar-refractivity contribution in [2.24, 2.45) is 0 Å². The first-order valence-corrected chi connectivity index (χ1v) is 7.03. The van der Waals surface area contributed by atoms with Gasteiger partial charge in [0.2, 0.25) is 0 Å². The largest absolute Gasteiger partial charge is 0.444 e. The second-order valence-corrected chi connectivity index (χ2v) is 7.52. The molecule has 1 heterocycles. The third-order valence-electron chi connectivity index (χ3n) is 2.65. The summed E-state index contributed by atoms with van der Waals surface area (Å²) in [5.74, 6) is 1.15. The fraction of sp³-hybridized carbons (Fsp3) is 0.917. The molecule has 0 aromatic carbocycles. The van der Waals surface area contributed by atoms with Gasteiger partial charge < -0.3 is 15.4 Å². The van der Waals surface area contributed by atoms with Crippen molar-refractivity contribution in [3.63, 3.8) is 0 Å². The zero-order valence-electron chi connectivity index (χ0n) is 11.4. The molecule has 1 rings (SSSR count). The molecule has 0 spiro atoms. The Bertz CT molecular complexity index is 274. The van der Waals surface area contributed by atoms with Gasteiger partial charge in [-0.3, -0.25) is 0 Å². The minimum absolute atomic E-state index is 0.325. The molecule has 0 bridgehead atoms. The molecule has 1 fully saturated rings. The van der Waals surface area contributed by atoms with Gasteiger partial charge in [-0.05, 0) is 34.6 Å². The fourth-order valence-electron chi connectivity index (χ4n) is 1.53. The average molecular weight is 260 g/mol. The van der Waals surface area contributed by atoms with E-state index in [1.54, 1.807) is 0 Å². The van der Waals surface area contributed by atoms with Crippen LogP contribution in [0.5, 0.6) is 0 Å². The summed E-state index contributed by atoms with van der Waals surface area (Å²) in [7, 11) is 0. The van der Waals surface area contributed by atoms with E-state index in [9.17, 15) is 4.79 Å². The highest BCUT2D eigenvalue weighted by atomic mass is 32.2. The van der Waals surface area contributed by atoms with Crippen molar-refractivity contribution in [1.82, 2.24) is 10.6 Å². The van der Waals surface area contributed by atoms with Crippen molar-refractivity contribution in [3.05, 3.63) is 0 Å². The Labute approximate surface area is 108 Å². The molecule has 0 aromatic rings. The van der Waals surface area contributed by atoms with E-state index in [1.807, 2.05) is 32.5 Å². The lowest BCUT2D eigenvalue weighted by molar-refractivity contribution is 0.0528. The van der Waals surface area contributed by atoms with Crippen molar-refractivity contribution in [3.8, 4) is 0 Å². The van der Waals surface area contributed by atoms with E-state index in [0.29, 0.717) is 17.3 Å². The number of nitrogens with one attached hydrogen (secondary N) is 2. The van der Waals surface area contributed by atoms with E-state index in [2.05, 4.69) is 24.5 Å². The number of hydrogen-bond donors (Lipinski definition) is 2. The molecule has 4 nitrogen and oxygen atoms in total. The van der Waals surface area contributed by atoms with E-state index >= 15 is 0 Å². The van der Waals surface area contributed by atoms with E-state index < -0.39 is 5.60 Å². The molecule has 1 saturated heterocycles. The summed E-state index contributed by atoms with van der Waals surface area (Å²) in [5.41, 5.74) is -0.426. The third-order valence-corrected chi connectivity index (χ3v) is 4.17. The predicted molar refractivity (Wildman–Crippen MR) is 72.6 cm³/mol. The van der Waals surface area contributed by atoms with Crippen LogP contribution in [0, 0.1) is 0 Å². The molecular weight excluding hydrogens is 236 g/mol. The monoisotopic (exact) mass is 260 g/mol. The van der Waals surface area contributed by atoms with Crippen LogP contribution in [0.1, 0.15) is 34.6 Å². The van der Waals surface area contributed by atoms with Crippen LogP contribution in [-0.4, -0.2) is 41.3 Å². The van der Waals surface area contributed by atoms with Crippen LogP contribution in [-0.2, 0) is 4.74 Å². The molecule has 17 heavy (non-hydrogen) atoms. The summed E-state index contributed by atoms with van der Waals surface area (Å²) < 4.78 is 5.47. The van der Waals surface area contributed by atoms with Gasteiger partial charge in [0.05, 0.1) is 0 Å². The Kier molecular flexibility index (Phi) is 4.72. The molecule has 1 unspecified atom stereocenters. The first-order valence-electron chi connectivity index (χ1n) is 6.05. The van der Waals surface area contributed by atoms with E-state index in [1.165, 1.54) is 0 Å². The van der Waals surface area contributed by atoms with Crippen molar-refractivity contribution >= 4 is 17.9 Å². The van der Waals surface area contributed by atoms with Gasteiger partial charge in [-0.25, -0.2) is 4.79 Å². The molecule has 0 aromatic heterocycles. The lowest BCUT2D eigenvalue weighted by Crippen LogP contribution is -2.55. The first kappa shape index (κ1) is 14.6. The van der Waals surface area contributed by atoms with Gasteiger partial charge in [0.25, 0.3) is 0 Å². The van der Waals surface area contributed by atoms with Crippen LogP contribution >= 0.6 is 11.8 Å². The minimum Gasteiger partial charge on any atom is -0.444 e. The fourth-order valence-corrected chi connectivity index (χ4v) is 2.73. The van der Waals surface area contributed by atoms with Crippen LogP contribution in [0.3, 0.4) is 0 Å². The minimum atomic E-state index is -0.426.